The van der Waals surface area contributed by atoms with Crippen molar-refractivity contribution in [1.82, 2.24) is 0 Å². The lowest BCUT2D eigenvalue weighted by molar-refractivity contribution is -0.274. The van der Waals surface area contributed by atoms with Crippen molar-refractivity contribution in [2.24, 2.45) is 0 Å². The first-order valence-electron chi connectivity index (χ1n) is 7.84. The summed E-state index contributed by atoms with van der Waals surface area (Å²) in [7, 11) is 0. The minimum absolute atomic E-state index is 0.299. The number of hydrogen-bond acceptors (Lipinski definition) is 2. The largest absolute Gasteiger partial charge is 0.573 e. The van der Waals surface area contributed by atoms with Crippen LogP contribution in [-0.4, -0.2) is 12.3 Å². The molecule has 3 aromatic rings. The smallest absolute Gasteiger partial charge is 0.406 e. The van der Waals surface area contributed by atoms with E-state index in [1.165, 1.54) is 24.3 Å². The number of halogens is 4. The maximum absolute atomic E-state index is 12.5. The van der Waals surface area contributed by atoms with Gasteiger partial charge in [0.1, 0.15) is 5.75 Å². The Kier molecular flexibility index (Phi) is 5.51. The van der Waals surface area contributed by atoms with Gasteiger partial charge in [0.05, 0.1) is 5.56 Å². The predicted molar refractivity (Wildman–Crippen MR) is 101 cm³/mol. The summed E-state index contributed by atoms with van der Waals surface area (Å²) < 4.78 is 41.4. The van der Waals surface area contributed by atoms with Crippen molar-refractivity contribution in [2.75, 3.05) is 5.32 Å². The average molecular weight is 436 g/mol. The average Bonchev–Trinajstić information content (AvgIpc) is 2.62. The van der Waals surface area contributed by atoms with Gasteiger partial charge in [0.15, 0.2) is 0 Å². The van der Waals surface area contributed by atoms with Crippen LogP contribution < -0.4 is 10.1 Å². The molecule has 0 spiro atoms. The number of carbonyl (C=O) groups is 1. The van der Waals surface area contributed by atoms with Gasteiger partial charge in [0.2, 0.25) is 0 Å². The zero-order chi connectivity index (χ0) is 19.4. The van der Waals surface area contributed by atoms with E-state index in [9.17, 15) is 18.0 Å². The maximum atomic E-state index is 12.5. The number of benzene rings is 3. The van der Waals surface area contributed by atoms with E-state index in [4.69, 9.17) is 0 Å². The fraction of sp³-hybridized carbons (Fsp3) is 0.0500. The zero-order valence-electron chi connectivity index (χ0n) is 13.8. The Bertz CT molecular complexity index is 956. The molecule has 1 amide bonds. The molecule has 0 aliphatic heterocycles. The highest BCUT2D eigenvalue weighted by molar-refractivity contribution is 9.10. The fourth-order valence-electron chi connectivity index (χ4n) is 2.52. The van der Waals surface area contributed by atoms with Gasteiger partial charge in [-0.05, 0) is 51.8 Å². The molecule has 0 fully saturated rings. The lowest BCUT2D eigenvalue weighted by Crippen LogP contribution is -2.17. The zero-order valence-corrected chi connectivity index (χ0v) is 15.3. The van der Waals surface area contributed by atoms with Gasteiger partial charge in [0.25, 0.3) is 5.91 Å². The van der Waals surface area contributed by atoms with E-state index in [0.717, 1.165) is 0 Å². The van der Waals surface area contributed by atoms with Gasteiger partial charge in [-0.15, -0.1) is 13.2 Å². The first kappa shape index (κ1) is 19.0. The van der Waals surface area contributed by atoms with Gasteiger partial charge in [-0.25, -0.2) is 0 Å². The number of para-hydroxylation sites is 1. The molecule has 0 heterocycles. The number of ether oxygens (including phenoxy) is 1. The third-order valence-electron chi connectivity index (χ3n) is 3.69. The number of nitrogens with one attached hydrogen (secondary N) is 1. The second-order valence-corrected chi connectivity index (χ2v) is 6.41. The molecule has 138 valence electrons. The molecule has 0 radical (unpaired) electrons. The second-order valence-electron chi connectivity index (χ2n) is 5.55. The SMILES string of the molecule is O=C(Nc1ccccc1-c1ccc(OC(F)(F)F)cc1)c1ccccc1Br. The molecule has 0 aromatic heterocycles. The van der Waals surface area contributed by atoms with E-state index < -0.39 is 6.36 Å². The molecule has 0 aliphatic carbocycles. The van der Waals surface area contributed by atoms with Crippen LogP contribution in [0.4, 0.5) is 18.9 Å². The number of carbonyl (C=O) groups excluding carboxylic acids is 1. The van der Waals surface area contributed by atoms with Crippen LogP contribution in [0.2, 0.25) is 0 Å². The van der Waals surface area contributed by atoms with Crippen molar-refractivity contribution in [3.05, 3.63) is 82.8 Å². The predicted octanol–water partition coefficient (Wildman–Crippen LogP) is 6.27. The van der Waals surface area contributed by atoms with Crippen molar-refractivity contribution in [2.45, 2.75) is 6.36 Å². The Hall–Kier alpha value is -2.80. The third kappa shape index (κ3) is 4.89. The summed E-state index contributed by atoms with van der Waals surface area (Å²) in [4.78, 5) is 12.5. The summed E-state index contributed by atoms with van der Waals surface area (Å²) in [6.07, 6.45) is -4.74. The number of anilines is 1. The van der Waals surface area contributed by atoms with E-state index in [2.05, 4.69) is 26.0 Å². The van der Waals surface area contributed by atoms with Crippen LogP contribution in [-0.2, 0) is 0 Å². The molecule has 3 rings (SSSR count). The van der Waals surface area contributed by atoms with E-state index in [-0.39, 0.29) is 11.7 Å². The molecule has 3 nitrogen and oxygen atoms in total. The Morgan fingerprint density at radius 1 is 0.889 bits per heavy atom. The van der Waals surface area contributed by atoms with Crippen LogP contribution >= 0.6 is 15.9 Å². The Balaban J connectivity index is 1.86. The third-order valence-corrected chi connectivity index (χ3v) is 4.38. The van der Waals surface area contributed by atoms with Gasteiger partial charge in [-0.3, -0.25) is 4.79 Å². The van der Waals surface area contributed by atoms with E-state index in [1.807, 2.05) is 0 Å². The summed E-state index contributed by atoms with van der Waals surface area (Å²) >= 11 is 3.34. The van der Waals surface area contributed by atoms with Crippen LogP contribution in [0.3, 0.4) is 0 Å². The van der Waals surface area contributed by atoms with Gasteiger partial charge < -0.3 is 10.1 Å². The minimum Gasteiger partial charge on any atom is -0.406 e. The Labute approximate surface area is 161 Å². The van der Waals surface area contributed by atoms with Crippen LogP contribution in [0, 0.1) is 0 Å². The molecular weight excluding hydrogens is 423 g/mol. The summed E-state index contributed by atoms with van der Waals surface area (Å²) in [5.41, 5.74) is 2.34. The van der Waals surface area contributed by atoms with Crippen LogP contribution in [0.25, 0.3) is 11.1 Å². The quantitative estimate of drug-likeness (QED) is 0.524. The van der Waals surface area contributed by atoms with Gasteiger partial charge in [0, 0.05) is 15.7 Å². The van der Waals surface area contributed by atoms with Crippen LogP contribution in [0.5, 0.6) is 5.75 Å². The Morgan fingerprint density at radius 2 is 1.52 bits per heavy atom. The van der Waals surface area contributed by atoms with Crippen molar-refractivity contribution in [1.29, 1.82) is 0 Å². The lowest BCUT2D eigenvalue weighted by Gasteiger charge is -2.13. The van der Waals surface area contributed by atoms with Crippen molar-refractivity contribution in [3.63, 3.8) is 0 Å². The number of amides is 1. The van der Waals surface area contributed by atoms with E-state index in [1.54, 1.807) is 48.5 Å². The molecule has 3 aromatic carbocycles. The molecule has 1 N–H and O–H groups in total. The molecular formula is C20H13BrF3NO2. The molecule has 7 heteroatoms. The summed E-state index contributed by atoms with van der Waals surface area (Å²) in [5.74, 6) is -0.604. The van der Waals surface area contributed by atoms with Gasteiger partial charge >= 0.3 is 6.36 Å². The standard InChI is InChI=1S/C20H13BrF3NO2/c21-17-7-3-1-6-16(17)19(26)25-18-8-4-2-5-15(18)13-9-11-14(12-10-13)27-20(22,23)24/h1-12H,(H,25,26). The van der Waals surface area contributed by atoms with Gasteiger partial charge in [-0.1, -0.05) is 42.5 Å². The van der Waals surface area contributed by atoms with Crippen molar-refractivity contribution < 1.29 is 22.7 Å². The number of alkyl halides is 3. The second kappa shape index (κ2) is 7.84. The molecule has 0 saturated carbocycles. The molecule has 0 atom stereocenters. The molecule has 0 unspecified atom stereocenters. The summed E-state index contributed by atoms with van der Waals surface area (Å²) in [6, 6.07) is 19.5. The summed E-state index contributed by atoms with van der Waals surface area (Å²) in [5, 5.41) is 2.84. The maximum Gasteiger partial charge on any atom is 0.573 e. The highest BCUT2D eigenvalue weighted by atomic mass is 79.9. The van der Waals surface area contributed by atoms with E-state index >= 15 is 0 Å². The minimum atomic E-state index is -4.74. The van der Waals surface area contributed by atoms with Gasteiger partial charge in [-0.2, -0.15) is 0 Å². The monoisotopic (exact) mass is 435 g/mol. The topological polar surface area (TPSA) is 38.3 Å². The van der Waals surface area contributed by atoms with Crippen LogP contribution in [0.1, 0.15) is 10.4 Å². The fourth-order valence-corrected chi connectivity index (χ4v) is 2.98. The summed E-state index contributed by atoms with van der Waals surface area (Å²) in [6.45, 7) is 0. The van der Waals surface area contributed by atoms with Crippen molar-refractivity contribution in [3.8, 4) is 16.9 Å². The molecule has 0 aliphatic rings. The first-order chi connectivity index (χ1) is 12.8. The molecule has 0 saturated heterocycles. The first-order valence-corrected chi connectivity index (χ1v) is 8.64. The molecule has 0 bridgehead atoms. The highest BCUT2D eigenvalue weighted by Gasteiger charge is 2.31. The highest BCUT2D eigenvalue weighted by Crippen LogP contribution is 2.31. The van der Waals surface area contributed by atoms with E-state index in [0.29, 0.717) is 26.9 Å². The number of hydrogen-bond donors (Lipinski definition) is 1. The Morgan fingerprint density at radius 3 is 2.19 bits per heavy atom. The lowest BCUT2D eigenvalue weighted by atomic mass is 10.0. The number of rotatable bonds is 4. The van der Waals surface area contributed by atoms with Crippen molar-refractivity contribution >= 4 is 27.5 Å². The molecule has 27 heavy (non-hydrogen) atoms. The van der Waals surface area contributed by atoms with Crippen LogP contribution in [0.15, 0.2) is 77.3 Å². The normalized spacial score (nSPS) is 11.1.